The first-order chi connectivity index (χ1) is 7.50. The minimum absolute atomic E-state index is 0.368. The van der Waals surface area contributed by atoms with Crippen LogP contribution in [0.5, 0.6) is 0 Å². The fraction of sp³-hybridized carbons (Fsp3) is 0.400. The summed E-state index contributed by atoms with van der Waals surface area (Å²) in [5.74, 6) is -0.00215. The monoisotopic (exact) mass is 224 g/mol. The van der Waals surface area contributed by atoms with E-state index in [1.165, 1.54) is 18.3 Å². The number of aromatic nitrogens is 1. The molecule has 0 aliphatic heterocycles. The van der Waals surface area contributed by atoms with Crippen LogP contribution in [0.3, 0.4) is 0 Å². The summed E-state index contributed by atoms with van der Waals surface area (Å²) in [6.45, 7) is 1.98. The predicted molar refractivity (Wildman–Crippen MR) is 60.9 cm³/mol. The summed E-state index contributed by atoms with van der Waals surface area (Å²) in [4.78, 5) is 14.9. The van der Waals surface area contributed by atoms with Crippen LogP contribution in [-0.4, -0.2) is 34.7 Å². The highest BCUT2D eigenvalue weighted by molar-refractivity contribution is 5.93. The molecular formula is C10H16N4O2. The van der Waals surface area contributed by atoms with E-state index in [0.29, 0.717) is 17.9 Å². The van der Waals surface area contributed by atoms with Crippen LogP contribution in [0.4, 0.5) is 5.82 Å². The van der Waals surface area contributed by atoms with Crippen LogP contribution in [0, 0.1) is 0 Å². The average molecular weight is 224 g/mol. The number of aliphatic hydroxyl groups excluding tert-OH is 1. The number of hydrogen-bond donors (Lipinski definition) is 4. The Bertz CT molecular complexity index is 368. The van der Waals surface area contributed by atoms with E-state index in [9.17, 15) is 9.90 Å². The molecule has 1 aromatic heterocycles. The molecule has 88 valence electrons. The van der Waals surface area contributed by atoms with Gasteiger partial charge >= 0.3 is 0 Å². The van der Waals surface area contributed by atoms with Crippen LogP contribution in [0.25, 0.3) is 0 Å². The third-order valence-electron chi connectivity index (χ3n) is 2.18. The standard InChI is InChI=1S/C10H16N4O2/c1-6(15)8(11)5-14-9-4-7(10(12)16)2-3-13-9/h2-4,6,8,15H,5,11H2,1H3,(H2,12,16)(H,13,14). The van der Waals surface area contributed by atoms with Crippen molar-refractivity contribution in [2.24, 2.45) is 11.5 Å². The second-order valence-electron chi connectivity index (χ2n) is 3.58. The van der Waals surface area contributed by atoms with E-state index < -0.39 is 12.0 Å². The number of nitrogens with two attached hydrogens (primary N) is 2. The van der Waals surface area contributed by atoms with Gasteiger partial charge in [-0.25, -0.2) is 4.98 Å². The maximum Gasteiger partial charge on any atom is 0.248 e. The molecule has 0 saturated heterocycles. The molecule has 0 spiro atoms. The lowest BCUT2D eigenvalue weighted by Crippen LogP contribution is -2.38. The molecule has 2 unspecified atom stereocenters. The fourth-order valence-corrected chi connectivity index (χ4v) is 1.07. The molecule has 0 saturated carbocycles. The van der Waals surface area contributed by atoms with Crippen molar-refractivity contribution in [2.75, 3.05) is 11.9 Å². The number of primary amides is 1. The first-order valence-corrected chi connectivity index (χ1v) is 4.94. The van der Waals surface area contributed by atoms with Gasteiger partial charge in [0.15, 0.2) is 0 Å². The Hall–Kier alpha value is -1.66. The number of pyridine rings is 1. The molecule has 1 aromatic rings. The third kappa shape index (κ3) is 3.48. The molecule has 6 nitrogen and oxygen atoms in total. The molecule has 0 radical (unpaired) electrons. The van der Waals surface area contributed by atoms with Gasteiger partial charge in [0, 0.05) is 24.3 Å². The molecule has 0 aliphatic carbocycles. The lowest BCUT2D eigenvalue weighted by Gasteiger charge is -2.15. The fourth-order valence-electron chi connectivity index (χ4n) is 1.07. The van der Waals surface area contributed by atoms with Crippen molar-refractivity contribution in [3.8, 4) is 0 Å². The quantitative estimate of drug-likeness (QED) is 0.528. The summed E-state index contributed by atoms with van der Waals surface area (Å²) in [6, 6.07) is 2.68. The lowest BCUT2D eigenvalue weighted by molar-refractivity contribution is 0.1000. The summed E-state index contributed by atoms with van der Waals surface area (Å²) in [5.41, 5.74) is 11.1. The minimum atomic E-state index is -0.605. The molecule has 2 atom stereocenters. The molecule has 6 heteroatoms. The Morgan fingerprint density at radius 1 is 1.69 bits per heavy atom. The maximum absolute atomic E-state index is 10.9. The van der Waals surface area contributed by atoms with Gasteiger partial charge in [0.1, 0.15) is 5.82 Å². The van der Waals surface area contributed by atoms with Gasteiger partial charge in [-0.1, -0.05) is 0 Å². The van der Waals surface area contributed by atoms with Crippen LogP contribution in [0.15, 0.2) is 18.3 Å². The van der Waals surface area contributed by atoms with Gasteiger partial charge in [0.2, 0.25) is 5.91 Å². The van der Waals surface area contributed by atoms with Gasteiger partial charge in [-0.3, -0.25) is 4.79 Å². The highest BCUT2D eigenvalue weighted by Gasteiger charge is 2.09. The smallest absolute Gasteiger partial charge is 0.248 e. The summed E-state index contributed by atoms with van der Waals surface area (Å²) in [5, 5.41) is 12.1. The Morgan fingerprint density at radius 2 is 2.38 bits per heavy atom. The molecule has 1 heterocycles. The first-order valence-electron chi connectivity index (χ1n) is 4.94. The molecule has 0 bridgehead atoms. The van der Waals surface area contributed by atoms with Crippen LogP contribution >= 0.6 is 0 Å². The van der Waals surface area contributed by atoms with Crippen molar-refractivity contribution >= 4 is 11.7 Å². The number of nitrogens with zero attached hydrogens (tertiary/aromatic N) is 1. The Kier molecular flexibility index (Phi) is 4.21. The zero-order valence-electron chi connectivity index (χ0n) is 9.05. The SMILES string of the molecule is CC(O)C(N)CNc1cc(C(N)=O)ccn1. The van der Waals surface area contributed by atoms with Gasteiger partial charge in [0.25, 0.3) is 0 Å². The number of amides is 1. The van der Waals surface area contributed by atoms with E-state index in [4.69, 9.17) is 11.5 Å². The van der Waals surface area contributed by atoms with Gasteiger partial charge in [-0.15, -0.1) is 0 Å². The van der Waals surface area contributed by atoms with Crippen molar-refractivity contribution in [3.05, 3.63) is 23.9 Å². The van der Waals surface area contributed by atoms with Crippen LogP contribution < -0.4 is 16.8 Å². The molecule has 1 amide bonds. The Labute approximate surface area is 93.7 Å². The molecule has 1 rings (SSSR count). The van der Waals surface area contributed by atoms with Crippen molar-refractivity contribution in [1.29, 1.82) is 0 Å². The summed E-state index contributed by atoms with van der Waals surface area (Å²) >= 11 is 0. The number of rotatable bonds is 5. The van der Waals surface area contributed by atoms with Crippen molar-refractivity contribution in [3.63, 3.8) is 0 Å². The van der Waals surface area contributed by atoms with Gasteiger partial charge in [0.05, 0.1) is 6.10 Å². The van der Waals surface area contributed by atoms with Gasteiger partial charge in [-0.05, 0) is 19.1 Å². The van der Waals surface area contributed by atoms with Gasteiger partial charge < -0.3 is 21.9 Å². The summed E-state index contributed by atoms with van der Waals surface area (Å²) in [6.07, 6.45) is 0.878. The lowest BCUT2D eigenvalue weighted by atomic mass is 10.2. The highest BCUT2D eigenvalue weighted by atomic mass is 16.3. The summed E-state index contributed by atoms with van der Waals surface area (Å²) in [7, 11) is 0. The molecule has 0 fully saturated rings. The molecular weight excluding hydrogens is 208 g/mol. The number of hydrogen-bond acceptors (Lipinski definition) is 5. The first kappa shape index (κ1) is 12.4. The third-order valence-corrected chi connectivity index (χ3v) is 2.18. The Morgan fingerprint density at radius 3 is 2.94 bits per heavy atom. The van der Waals surface area contributed by atoms with Crippen molar-refractivity contribution < 1.29 is 9.90 Å². The van der Waals surface area contributed by atoms with E-state index in [1.807, 2.05) is 0 Å². The topological polar surface area (TPSA) is 114 Å². The highest BCUT2D eigenvalue weighted by Crippen LogP contribution is 2.06. The van der Waals surface area contributed by atoms with Crippen LogP contribution in [-0.2, 0) is 0 Å². The van der Waals surface area contributed by atoms with E-state index in [2.05, 4.69) is 10.3 Å². The number of aliphatic hydroxyl groups is 1. The van der Waals surface area contributed by atoms with Crippen LogP contribution in [0.2, 0.25) is 0 Å². The summed E-state index contributed by atoms with van der Waals surface area (Å²) < 4.78 is 0. The van der Waals surface area contributed by atoms with Crippen LogP contribution in [0.1, 0.15) is 17.3 Å². The number of anilines is 1. The Balaban J connectivity index is 2.61. The maximum atomic E-state index is 10.9. The number of nitrogens with one attached hydrogen (secondary N) is 1. The average Bonchev–Trinajstić information content (AvgIpc) is 2.26. The second kappa shape index (κ2) is 5.43. The zero-order valence-corrected chi connectivity index (χ0v) is 9.05. The van der Waals surface area contributed by atoms with Crippen molar-refractivity contribution in [2.45, 2.75) is 19.1 Å². The molecule has 0 aliphatic rings. The van der Waals surface area contributed by atoms with E-state index >= 15 is 0 Å². The predicted octanol–water partition coefficient (Wildman–Crippen LogP) is -0.699. The second-order valence-corrected chi connectivity index (χ2v) is 3.58. The molecule has 0 aromatic carbocycles. The van der Waals surface area contributed by atoms with Crippen molar-refractivity contribution in [1.82, 2.24) is 4.98 Å². The largest absolute Gasteiger partial charge is 0.392 e. The molecule has 6 N–H and O–H groups in total. The van der Waals surface area contributed by atoms with E-state index in [1.54, 1.807) is 6.92 Å². The zero-order chi connectivity index (χ0) is 12.1. The van der Waals surface area contributed by atoms with E-state index in [0.717, 1.165) is 0 Å². The number of carbonyl (C=O) groups excluding carboxylic acids is 1. The number of carbonyl (C=O) groups is 1. The van der Waals surface area contributed by atoms with Gasteiger partial charge in [-0.2, -0.15) is 0 Å². The molecule has 16 heavy (non-hydrogen) atoms. The minimum Gasteiger partial charge on any atom is -0.392 e. The van der Waals surface area contributed by atoms with E-state index in [-0.39, 0.29) is 6.04 Å². The normalized spacial score (nSPS) is 14.2.